The molecule has 0 amide bonds. The maximum absolute atomic E-state index is 4.45. The monoisotopic (exact) mass is 314 g/mol. The number of hydrogen-bond acceptors (Lipinski definition) is 5. The van der Waals surface area contributed by atoms with E-state index in [0.717, 1.165) is 42.8 Å². The molecule has 1 saturated heterocycles. The first-order chi connectivity index (χ1) is 11.3. The number of hydrogen-bond donors (Lipinski definition) is 1. The molecule has 2 aliphatic rings. The van der Waals surface area contributed by atoms with E-state index in [4.69, 9.17) is 0 Å². The van der Waals surface area contributed by atoms with Crippen LogP contribution < -0.4 is 5.32 Å². The number of aromatic nitrogens is 4. The molecule has 2 aromatic heterocycles. The molecule has 0 aromatic carbocycles. The van der Waals surface area contributed by atoms with Crippen LogP contribution in [-0.4, -0.2) is 50.2 Å². The lowest BCUT2D eigenvalue weighted by molar-refractivity contribution is 0.160. The fourth-order valence-electron chi connectivity index (χ4n) is 3.57. The SMILES string of the molecule is CC1CCCCN1CCCNc1nccn2c(C3CC3)nnc12. The Morgan fingerprint density at radius 1 is 1.22 bits per heavy atom. The molecular formula is C17H26N6. The van der Waals surface area contributed by atoms with E-state index in [1.54, 1.807) is 0 Å². The van der Waals surface area contributed by atoms with E-state index < -0.39 is 0 Å². The van der Waals surface area contributed by atoms with Crippen LogP contribution in [0.4, 0.5) is 5.82 Å². The summed E-state index contributed by atoms with van der Waals surface area (Å²) in [7, 11) is 0. The summed E-state index contributed by atoms with van der Waals surface area (Å²) in [5, 5.41) is 12.1. The molecule has 2 aromatic rings. The van der Waals surface area contributed by atoms with Crippen LogP contribution in [0.1, 0.15) is 57.2 Å². The van der Waals surface area contributed by atoms with Gasteiger partial charge in [-0.05, 0) is 45.6 Å². The summed E-state index contributed by atoms with van der Waals surface area (Å²) >= 11 is 0. The van der Waals surface area contributed by atoms with E-state index >= 15 is 0 Å². The molecule has 1 saturated carbocycles. The van der Waals surface area contributed by atoms with Crippen LogP contribution in [0.15, 0.2) is 12.4 Å². The lowest BCUT2D eigenvalue weighted by atomic mass is 10.0. The van der Waals surface area contributed by atoms with Crippen molar-refractivity contribution >= 4 is 11.5 Å². The molecule has 124 valence electrons. The number of nitrogens with one attached hydrogen (secondary N) is 1. The van der Waals surface area contributed by atoms with Crippen molar-refractivity contribution in [3.63, 3.8) is 0 Å². The zero-order valence-electron chi connectivity index (χ0n) is 13.9. The third kappa shape index (κ3) is 3.17. The smallest absolute Gasteiger partial charge is 0.203 e. The number of likely N-dealkylation sites (tertiary alicyclic amines) is 1. The second kappa shape index (κ2) is 6.43. The predicted octanol–water partition coefficient (Wildman–Crippen LogP) is 2.68. The van der Waals surface area contributed by atoms with Crippen LogP contribution in [0.5, 0.6) is 0 Å². The molecule has 4 rings (SSSR count). The maximum atomic E-state index is 4.45. The first kappa shape index (κ1) is 14.9. The molecule has 0 spiro atoms. The van der Waals surface area contributed by atoms with Gasteiger partial charge in [-0.15, -0.1) is 10.2 Å². The van der Waals surface area contributed by atoms with Crippen molar-refractivity contribution in [3.8, 4) is 0 Å². The lowest BCUT2D eigenvalue weighted by Gasteiger charge is -2.33. The van der Waals surface area contributed by atoms with Crippen LogP contribution in [0.25, 0.3) is 5.65 Å². The van der Waals surface area contributed by atoms with Gasteiger partial charge in [0, 0.05) is 37.4 Å². The zero-order valence-corrected chi connectivity index (χ0v) is 13.9. The summed E-state index contributed by atoms with van der Waals surface area (Å²) in [6, 6.07) is 0.739. The first-order valence-corrected chi connectivity index (χ1v) is 9.00. The highest BCUT2D eigenvalue weighted by Crippen LogP contribution is 2.39. The van der Waals surface area contributed by atoms with Gasteiger partial charge in [-0.25, -0.2) is 4.98 Å². The third-order valence-corrected chi connectivity index (χ3v) is 5.15. The number of anilines is 1. The number of piperidine rings is 1. The van der Waals surface area contributed by atoms with Gasteiger partial charge in [0.15, 0.2) is 5.82 Å². The number of rotatable bonds is 6. The summed E-state index contributed by atoms with van der Waals surface area (Å²) in [6.45, 7) is 5.70. The van der Waals surface area contributed by atoms with Gasteiger partial charge in [-0.3, -0.25) is 4.40 Å². The summed E-state index contributed by atoms with van der Waals surface area (Å²) < 4.78 is 2.10. The zero-order chi connectivity index (χ0) is 15.6. The van der Waals surface area contributed by atoms with Crippen LogP contribution in [0, 0.1) is 0 Å². The minimum absolute atomic E-state index is 0.598. The molecule has 6 nitrogen and oxygen atoms in total. The molecule has 3 heterocycles. The van der Waals surface area contributed by atoms with E-state index in [0.29, 0.717) is 5.92 Å². The van der Waals surface area contributed by atoms with Gasteiger partial charge >= 0.3 is 0 Å². The van der Waals surface area contributed by atoms with E-state index in [1.807, 2.05) is 12.4 Å². The van der Waals surface area contributed by atoms with Gasteiger partial charge in [0.2, 0.25) is 5.65 Å². The van der Waals surface area contributed by atoms with E-state index in [2.05, 4.69) is 36.7 Å². The Labute approximate surface area is 137 Å². The Hall–Kier alpha value is -1.69. The van der Waals surface area contributed by atoms with Crippen molar-refractivity contribution in [3.05, 3.63) is 18.2 Å². The highest BCUT2D eigenvalue weighted by Gasteiger charge is 2.29. The standard InChI is InChI=1S/C17H26N6/c1-13-5-2-3-10-22(13)11-4-8-18-15-17-21-20-16(14-6-7-14)23(17)12-9-19-15/h9,12-14H,2-8,10-11H2,1H3,(H,18,19). The van der Waals surface area contributed by atoms with E-state index in [9.17, 15) is 0 Å². The number of nitrogens with zero attached hydrogens (tertiary/aromatic N) is 5. The quantitative estimate of drug-likeness (QED) is 0.831. The first-order valence-electron chi connectivity index (χ1n) is 9.00. The molecule has 1 aliphatic heterocycles. The molecule has 1 aliphatic carbocycles. The second-order valence-corrected chi connectivity index (χ2v) is 6.96. The molecule has 1 atom stereocenters. The molecule has 1 unspecified atom stereocenters. The van der Waals surface area contributed by atoms with Crippen molar-refractivity contribution in [1.29, 1.82) is 0 Å². The Morgan fingerprint density at radius 3 is 2.96 bits per heavy atom. The van der Waals surface area contributed by atoms with Gasteiger partial charge in [-0.1, -0.05) is 6.42 Å². The predicted molar refractivity (Wildman–Crippen MR) is 90.7 cm³/mol. The van der Waals surface area contributed by atoms with Crippen LogP contribution in [0.3, 0.4) is 0 Å². The largest absolute Gasteiger partial charge is 0.367 e. The normalized spacial score (nSPS) is 22.6. The van der Waals surface area contributed by atoms with Gasteiger partial charge in [-0.2, -0.15) is 0 Å². The van der Waals surface area contributed by atoms with Crippen LogP contribution in [-0.2, 0) is 0 Å². The number of fused-ring (bicyclic) bond motifs is 1. The molecule has 6 heteroatoms. The van der Waals surface area contributed by atoms with Crippen molar-refractivity contribution in [1.82, 2.24) is 24.5 Å². The Balaban J connectivity index is 1.35. The Kier molecular flexibility index (Phi) is 4.16. The average Bonchev–Trinajstić information content (AvgIpc) is 3.32. The minimum atomic E-state index is 0.598. The fraction of sp³-hybridized carbons (Fsp3) is 0.706. The summed E-state index contributed by atoms with van der Waals surface area (Å²) in [6.07, 6.45) is 11.5. The molecule has 1 N–H and O–H groups in total. The van der Waals surface area contributed by atoms with Gasteiger partial charge in [0.25, 0.3) is 0 Å². The molecule has 0 radical (unpaired) electrons. The van der Waals surface area contributed by atoms with Crippen molar-refractivity contribution in [2.75, 3.05) is 25.0 Å². The van der Waals surface area contributed by atoms with Crippen molar-refractivity contribution in [2.45, 2.75) is 57.4 Å². The van der Waals surface area contributed by atoms with Gasteiger partial charge in [0.1, 0.15) is 5.82 Å². The highest BCUT2D eigenvalue weighted by molar-refractivity contribution is 5.62. The van der Waals surface area contributed by atoms with Gasteiger partial charge < -0.3 is 10.2 Å². The summed E-state index contributed by atoms with van der Waals surface area (Å²) in [5.41, 5.74) is 0.862. The molecule has 2 fully saturated rings. The third-order valence-electron chi connectivity index (χ3n) is 5.15. The second-order valence-electron chi connectivity index (χ2n) is 6.96. The maximum Gasteiger partial charge on any atom is 0.203 e. The van der Waals surface area contributed by atoms with Crippen LogP contribution in [0.2, 0.25) is 0 Å². The van der Waals surface area contributed by atoms with Crippen molar-refractivity contribution in [2.24, 2.45) is 0 Å². The van der Waals surface area contributed by atoms with E-state index in [1.165, 1.54) is 38.6 Å². The Morgan fingerprint density at radius 2 is 2.13 bits per heavy atom. The summed E-state index contributed by atoms with van der Waals surface area (Å²) in [4.78, 5) is 7.06. The van der Waals surface area contributed by atoms with Crippen molar-refractivity contribution < 1.29 is 0 Å². The van der Waals surface area contributed by atoms with Gasteiger partial charge in [0.05, 0.1) is 0 Å². The van der Waals surface area contributed by atoms with E-state index in [-0.39, 0.29) is 0 Å². The summed E-state index contributed by atoms with van der Waals surface area (Å²) in [5.74, 6) is 2.55. The lowest BCUT2D eigenvalue weighted by Crippen LogP contribution is -2.38. The van der Waals surface area contributed by atoms with Crippen LogP contribution >= 0.6 is 0 Å². The Bertz CT molecular complexity index is 662. The molecule has 23 heavy (non-hydrogen) atoms. The fourth-order valence-corrected chi connectivity index (χ4v) is 3.57. The molecule has 0 bridgehead atoms. The minimum Gasteiger partial charge on any atom is -0.367 e. The highest BCUT2D eigenvalue weighted by atomic mass is 15.3. The topological polar surface area (TPSA) is 58.4 Å². The average molecular weight is 314 g/mol. The molecular weight excluding hydrogens is 288 g/mol.